The lowest BCUT2D eigenvalue weighted by molar-refractivity contribution is -0.192. The van der Waals surface area contributed by atoms with Crippen molar-refractivity contribution in [2.75, 3.05) is 19.8 Å². The van der Waals surface area contributed by atoms with Crippen LogP contribution in [0, 0.1) is 11.8 Å². The Kier molecular flexibility index (Phi) is 2.64. The second kappa shape index (κ2) is 3.65. The molecule has 0 unspecified atom stereocenters. The number of allylic oxidation sites excluding steroid dienone is 1. The van der Waals surface area contributed by atoms with Gasteiger partial charge in [-0.25, -0.2) is 0 Å². The average Bonchev–Trinajstić information content (AvgIpc) is 2.74. The first-order valence-electron chi connectivity index (χ1n) is 5.24. The van der Waals surface area contributed by atoms with Crippen LogP contribution in [0.4, 0.5) is 0 Å². The molecule has 0 amide bonds. The summed E-state index contributed by atoms with van der Waals surface area (Å²) in [5.41, 5.74) is 1.13. The maximum atomic E-state index is 9.41. The van der Waals surface area contributed by atoms with Gasteiger partial charge in [0, 0.05) is 12.3 Å². The van der Waals surface area contributed by atoms with Gasteiger partial charge < -0.3 is 14.6 Å². The molecule has 1 N–H and O–H groups in total. The predicted octanol–water partition coefficient (Wildman–Crippen LogP) is 1.32. The van der Waals surface area contributed by atoms with Crippen LogP contribution < -0.4 is 0 Å². The highest BCUT2D eigenvalue weighted by molar-refractivity contribution is 5.07. The van der Waals surface area contributed by atoms with E-state index in [1.165, 1.54) is 0 Å². The molecule has 0 radical (unpaired) electrons. The van der Waals surface area contributed by atoms with Crippen LogP contribution in [0.1, 0.15) is 19.8 Å². The molecule has 1 saturated carbocycles. The Labute approximate surface area is 84.7 Å². The van der Waals surface area contributed by atoms with E-state index < -0.39 is 5.79 Å². The van der Waals surface area contributed by atoms with E-state index in [-0.39, 0.29) is 12.5 Å². The minimum absolute atomic E-state index is 0.0718. The monoisotopic (exact) mass is 198 g/mol. The van der Waals surface area contributed by atoms with E-state index >= 15 is 0 Å². The van der Waals surface area contributed by atoms with Gasteiger partial charge >= 0.3 is 0 Å². The maximum absolute atomic E-state index is 9.41. The van der Waals surface area contributed by atoms with Gasteiger partial charge in [0.2, 0.25) is 0 Å². The molecule has 2 atom stereocenters. The fraction of sp³-hybridized carbons (Fsp3) is 0.818. The number of hydrogen-bond acceptors (Lipinski definition) is 3. The van der Waals surface area contributed by atoms with Crippen LogP contribution in [0.25, 0.3) is 0 Å². The number of aliphatic hydroxyl groups is 1. The Balaban J connectivity index is 2.17. The van der Waals surface area contributed by atoms with E-state index in [4.69, 9.17) is 9.47 Å². The molecule has 1 spiro atoms. The van der Waals surface area contributed by atoms with Crippen LogP contribution in [0.2, 0.25) is 0 Å². The van der Waals surface area contributed by atoms with Crippen LogP contribution in [0.5, 0.6) is 0 Å². The van der Waals surface area contributed by atoms with Crippen molar-refractivity contribution in [3.8, 4) is 0 Å². The van der Waals surface area contributed by atoms with E-state index in [1.807, 2.05) is 6.92 Å². The van der Waals surface area contributed by atoms with Crippen molar-refractivity contribution < 1.29 is 14.6 Å². The van der Waals surface area contributed by atoms with Gasteiger partial charge in [0.25, 0.3) is 0 Å². The molecule has 14 heavy (non-hydrogen) atoms. The number of hydrogen-bond donors (Lipinski definition) is 1. The summed E-state index contributed by atoms with van der Waals surface area (Å²) in [6.07, 6.45) is 1.90. The lowest BCUT2D eigenvalue weighted by Crippen LogP contribution is -2.39. The van der Waals surface area contributed by atoms with Crippen molar-refractivity contribution in [2.24, 2.45) is 11.8 Å². The summed E-state index contributed by atoms with van der Waals surface area (Å²) in [5.74, 6) is -0.0844. The lowest BCUT2D eigenvalue weighted by atomic mass is 9.89. The van der Waals surface area contributed by atoms with Crippen molar-refractivity contribution in [2.45, 2.75) is 25.6 Å². The quantitative estimate of drug-likeness (QED) is 0.680. The molecular formula is C11H18O3. The zero-order chi connectivity index (χ0) is 10.2. The van der Waals surface area contributed by atoms with Crippen molar-refractivity contribution >= 4 is 0 Å². The number of aliphatic hydroxyl groups excluding tert-OH is 1. The highest BCUT2D eigenvalue weighted by Crippen LogP contribution is 2.47. The third-order valence-electron chi connectivity index (χ3n) is 3.46. The second-order valence-corrected chi connectivity index (χ2v) is 4.29. The molecule has 0 bridgehead atoms. The molecule has 0 aromatic rings. The van der Waals surface area contributed by atoms with E-state index in [0.717, 1.165) is 18.4 Å². The molecule has 1 heterocycles. The van der Waals surface area contributed by atoms with Gasteiger partial charge in [0.1, 0.15) is 0 Å². The van der Waals surface area contributed by atoms with Crippen molar-refractivity contribution in [3.63, 3.8) is 0 Å². The molecule has 3 nitrogen and oxygen atoms in total. The third-order valence-corrected chi connectivity index (χ3v) is 3.46. The molecular weight excluding hydrogens is 180 g/mol. The van der Waals surface area contributed by atoms with Crippen molar-refractivity contribution in [1.29, 1.82) is 0 Å². The third kappa shape index (κ3) is 1.40. The Hall–Kier alpha value is -0.380. The summed E-state index contributed by atoms with van der Waals surface area (Å²) in [6.45, 7) is 7.41. The average molecular weight is 198 g/mol. The summed E-state index contributed by atoms with van der Waals surface area (Å²) in [5, 5.41) is 9.41. The summed E-state index contributed by atoms with van der Waals surface area (Å²) in [4.78, 5) is 0. The maximum Gasteiger partial charge on any atom is 0.174 e. The highest BCUT2D eigenvalue weighted by atomic mass is 16.7. The van der Waals surface area contributed by atoms with Crippen LogP contribution in [0.15, 0.2) is 12.2 Å². The molecule has 1 saturated heterocycles. The highest BCUT2D eigenvalue weighted by Gasteiger charge is 2.52. The fourth-order valence-corrected chi connectivity index (χ4v) is 2.73. The van der Waals surface area contributed by atoms with Gasteiger partial charge in [-0.1, -0.05) is 12.2 Å². The van der Waals surface area contributed by atoms with Crippen LogP contribution in [-0.4, -0.2) is 30.7 Å². The topological polar surface area (TPSA) is 38.7 Å². The Morgan fingerprint density at radius 1 is 1.50 bits per heavy atom. The first-order valence-corrected chi connectivity index (χ1v) is 5.24. The molecule has 1 aliphatic carbocycles. The Morgan fingerprint density at radius 3 is 2.64 bits per heavy atom. The van der Waals surface area contributed by atoms with Crippen molar-refractivity contribution in [3.05, 3.63) is 12.2 Å². The minimum atomic E-state index is -0.502. The molecule has 3 heteroatoms. The van der Waals surface area contributed by atoms with E-state index in [0.29, 0.717) is 19.1 Å². The Bertz CT molecular complexity index is 231. The molecule has 80 valence electrons. The van der Waals surface area contributed by atoms with Gasteiger partial charge in [-0.2, -0.15) is 0 Å². The van der Waals surface area contributed by atoms with Gasteiger partial charge in [0.05, 0.1) is 19.8 Å². The zero-order valence-electron chi connectivity index (χ0n) is 8.66. The van der Waals surface area contributed by atoms with Gasteiger partial charge in [-0.3, -0.25) is 0 Å². The summed E-state index contributed by atoms with van der Waals surface area (Å²) >= 11 is 0. The first-order chi connectivity index (χ1) is 6.69. The summed E-state index contributed by atoms with van der Waals surface area (Å²) in [7, 11) is 0. The predicted molar refractivity (Wildman–Crippen MR) is 52.7 cm³/mol. The standard InChI is InChI=1S/C11H18O3/c1-8(2)9-3-4-11(10(9)7-12)13-5-6-14-11/h9-10,12H,1,3-7H2,2H3/t9-,10-/m1/s1. The molecule has 2 fully saturated rings. The van der Waals surface area contributed by atoms with Gasteiger partial charge in [0.15, 0.2) is 5.79 Å². The smallest absolute Gasteiger partial charge is 0.174 e. The minimum Gasteiger partial charge on any atom is -0.396 e. The summed E-state index contributed by atoms with van der Waals surface area (Å²) in [6, 6.07) is 0. The zero-order valence-corrected chi connectivity index (χ0v) is 8.66. The van der Waals surface area contributed by atoms with Crippen LogP contribution in [-0.2, 0) is 9.47 Å². The first kappa shape index (κ1) is 10.1. The fourth-order valence-electron chi connectivity index (χ4n) is 2.73. The van der Waals surface area contributed by atoms with Gasteiger partial charge in [-0.05, 0) is 19.3 Å². The number of rotatable bonds is 2. The van der Waals surface area contributed by atoms with Crippen molar-refractivity contribution in [1.82, 2.24) is 0 Å². The number of ether oxygens (including phenoxy) is 2. The normalized spacial score (nSPS) is 35.3. The largest absolute Gasteiger partial charge is 0.396 e. The van der Waals surface area contributed by atoms with E-state index in [1.54, 1.807) is 0 Å². The van der Waals surface area contributed by atoms with Crippen LogP contribution >= 0.6 is 0 Å². The molecule has 0 aromatic heterocycles. The molecule has 1 aliphatic heterocycles. The second-order valence-electron chi connectivity index (χ2n) is 4.29. The van der Waals surface area contributed by atoms with Gasteiger partial charge in [-0.15, -0.1) is 0 Å². The summed E-state index contributed by atoms with van der Waals surface area (Å²) < 4.78 is 11.3. The Morgan fingerprint density at radius 2 is 2.14 bits per heavy atom. The SMILES string of the molecule is C=C(C)[C@H]1CCC2(OCCO2)[C@@H]1CO. The molecule has 2 rings (SSSR count). The molecule has 0 aromatic carbocycles. The van der Waals surface area contributed by atoms with E-state index in [9.17, 15) is 5.11 Å². The lowest BCUT2D eigenvalue weighted by Gasteiger charge is -2.30. The van der Waals surface area contributed by atoms with Crippen LogP contribution in [0.3, 0.4) is 0 Å². The molecule has 2 aliphatic rings. The van der Waals surface area contributed by atoms with E-state index in [2.05, 4.69) is 6.58 Å².